The van der Waals surface area contributed by atoms with Gasteiger partial charge in [0.2, 0.25) is 0 Å². The lowest BCUT2D eigenvalue weighted by atomic mass is 10.00. The predicted octanol–water partition coefficient (Wildman–Crippen LogP) is 1.27. The molecule has 0 atom stereocenters. The largest absolute Gasteiger partial charge is 0.466 e. The van der Waals surface area contributed by atoms with Crippen LogP contribution in [0, 0.1) is 0 Å². The molecule has 0 amide bonds. The molecule has 0 bridgehead atoms. The fraction of sp³-hybridized carbons (Fsp3) is 0.667. The van der Waals surface area contributed by atoms with Gasteiger partial charge in [0.25, 0.3) is 0 Å². The lowest BCUT2D eigenvalue weighted by Gasteiger charge is -2.16. The predicted molar refractivity (Wildman–Crippen MR) is 46.7 cm³/mol. The summed E-state index contributed by atoms with van der Waals surface area (Å²) >= 11 is 0. The average molecular weight is 172 g/mol. The minimum Gasteiger partial charge on any atom is -0.466 e. The Labute approximate surface area is 73.0 Å². The zero-order valence-corrected chi connectivity index (χ0v) is 7.89. The first-order valence-corrected chi connectivity index (χ1v) is 3.85. The van der Waals surface area contributed by atoms with Gasteiger partial charge in [-0.05, 0) is 26.7 Å². The van der Waals surface area contributed by atoms with Crippen molar-refractivity contribution in [1.29, 1.82) is 0 Å². The van der Waals surface area contributed by atoms with Crippen LogP contribution < -0.4 is 0 Å². The highest BCUT2D eigenvalue weighted by molar-refractivity contribution is 5.87. The van der Waals surface area contributed by atoms with Crippen LogP contribution in [0.1, 0.15) is 26.7 Å². The Hall–Kier alpha value is -0.830. The first kappa shape index (κ1) is 11.2. The minimum absolute atomic E-state index is 0.402. The highest BCUT2D eigenvalue weighted by atomic mass is 16.5. The molecule has 0 heterocycles. The number of methoxy groups -OCH3 is 1. The fourth-order valence-corrected chi connectivity index (χ4v) is 0.703. The highest BCUT2D eigenvalue weighted by Gasteiger charge is 2.15. The van der Waals surface area contributed by atoms with Crippen molar-refractivity contribution < 1.29 is 14.6 Å². The van der Waals surface area contributed by atoms with E-state index in [2.05, 4.69) is 11.3 Å². The maximum atomic E-state index is 10.8. The molecule has 0 aliphatic rings. The number of rotatable bonds is 4. The summed E-state index contributed by atoms with van der Waals surface area (Å²) in [6, 6.07) is 0. The van der Waals surface area contributed by atoms with Crippen LogP contribution >= 0.6 is 0 Å². The number of carbonyl (C=O) groups is 1. The van der Waals surface area contributed by atoms with E-state index in [1.807, 2.05) is 0 Å². The molecule has 70 valence electrons. The SMILES string of the molecule is C=C(CCC(C)(C)O)C(=O)OC. The van der Waals surface area contributed by atoms with E-state index in [1.165, 1.54) is 7.11 Å². The van der Waals surface area contributed by atoms with Gasteiger partial charge in [-0.15, -0.1) is 0 Å². The second kappa shape index (κ2) is 4.26. The average Bonchev–Trinajstić information content (AvgIpc) is 1.97. The van der Waals surface area contributed by atoms with Gasteiger partial charge in [0.05, 0.1) is 12.7 Å². The molecule has 0 aromatic rings. The highest BCUT2D eigenvalue weighted by Crippen LogP contribution is 2.14. The van der Waals surface area contributed by atoms with E-state index in [4.69, 9.17) is 0 Å². The Morgan fingerprint density at radius 2 is 2.08 bits per heavy atom. The summed E-state index contributed by atoms with van der Waals surface area (Å²) in [6.45, 7) is 6.93. The minimum atomic E-state index is -0.753. The number of esters is 1. The molecule has 0 spiro atoms. The monoisotopic (exact) mass is 172 g/mol. The quantitative estimate of drug-likeness (QED) is 0.513. The summed E-state index contributed by atoms with van der Waals surface area (Å²) in [6.07, 6.45) is 0.983. The zero-order chi connectivity index (χ0) is 9.78. The van der Waals surface area contributed by atoms with Crippen LogP contribution in [-0.2, 0) is 9.53 Å². The summed E-state index contributed by atoms with van der Waals surface area (Å²) < 4.78 is 4.46. The first-order chi connectivity index (χ1) is 5.37. The summed E-state index contributed by atoms with van der Waals surface area (Å²) in [5, 5.41) is 9.33. The number of hydrogen-bond donors (Lipinski definition) is 1. The molecule has 0 fully saturated rings. The topological polar surface area (TPSA) is 46.5 Å². The van der Waals surface area contributed by atoms with Gasteiger partial charge in [-0.25, -0.2) is 4.79 Å². The lowest BCUT2D eigenvalue weighted by molar-refractivity contribution is -0.136. The van der Waals surface area contributed by atoms with E-state index >= 15 is 0 Å². The van der Waals surface area contributed by atoms with E-state index < -0.39 is 11.6 Å². The Balaban J connectivity index is 3.80. The molecule has 3 heteroatoms. The van der Waals surface area contributed by atoms with Crippen molar-refractivity contribution in [3.63, 3.8) is 0 Å². The van der Waals surface area contributed by atoms with Gasteiger partial charge in [-0.1, -0.05) is 6.58 Å². The van der Waals surface area contributed by atoms with Crippen LogP contribution in [-0.4, -0.2) is 23.8 Å². The Kier molecular flexibility index (Phi) is 3.96. The van der Waals surface area contributed by atoms with Crippen LogP contribution in [0.25, 0.3) is 0 Å². The molecule has 1 N–H and O–H groups in total. The van der Waals surface area contributed by atoms with Crippen LogP contribution in [0.15, 0.2) is 12.2 Å². The van der Waals surface area contributed by atoms with Gasteiger partial charge >= 0.3 is 5.97 Å². The van der Waals surface area contributed by atoms with Gasteiger partial charge in [0.15, 0.2) is 0 Å². The second-order valence-corrected chi connectivity index (χ2v) is 3.41. The summed E-state index contributed by atoms with van der Waals surface area (Å²) in [4.78, 5) is 10.8. The molecular weight excluding hydrogens is 156 g/mol. The van der Waals surface area contributed by atoms with E-state index in [-0.39, 0.29) is 0 Å². The van der Waals surface area contributed by atoms with Crippen molar-refractivity contribution in [2.75, 3.05) is 7.11 Å². The van der Waals surface area contributed by atoms with Gasteiger partial charge < -0.3 is 9.84 Å². The van der Waals surface area contributed by atoms with Gasteiger partial charge in [0, 0.05) is 5.57 Å². The molecule has 0 rings (SSSR count). The summed E-state index contributed by atoms with van der Waals surface area (Å²) in [5.41, 5.74) is -0.351. The lowest BCUT2D eigenvalue weighted by Crippen LogP contribution is -2.19. The third-order valence-corrected chi connectivity index (χ3v) is 1.51. The van der Waals surface area contributed by atoms with Crippen LogP contribution in [0.5, 0.6) is 0 Å². The molecule has 0 aliphatic carbocycles. The summed E-state index contributed by atoms with van der Waals surface area (Å²) in [7, 11) is 1.32. The van der Waals surface area contributed by atoms with E-state index in [0.29, 0.717) is 18.4 Å². The van der Waals surface area contributed by atoms with Gasteiger partial charge in [-0.2, -0.15) is 0 Å². The Morgan fingerprint density at radius 1 is 1.58 bits per heavy atom. The standard InChI is InChI=1S/C9H16O3/c1-7(8(10)12-4)5-6-9(2,3)11/h11H,1,5-6H2,2-4H3. The Morgan fingerprint density at radius 3 is 2.42 bits per heavy atom. The smallest absolute Gasteiger partial charge is 0.333 e. The first-order valence-electron chi connectivity index (χ1n) is 3.85. The molecular formula is C9H16O3. The van der Waals surface area contributed by atoms with Crippen molar-refractivity contribution in [3.05, 3.63) is 12.2 Å². The van der Waals surface area contributed by atoms with Crippen molar-refractivity contribution in [2.24, 2.45) is 0 Å². The third kappa shape index (κ3) is 4.91. The molecule has 0 saturated carbocycles. The van der Waals surface area contributed by atoms with Crippen molar-refractivity contribution in [2.45, 2.75) is 32.3 Å². The van der Waals surface area contributed by atoms with Crippen LogP contribution in [0.4, 0.5) is 0 Å². The van der Waals surface area contributed by atoms with Crippen LogP contribution in [0.2, 0.25) is 0 Å². The molecule has 0 aromatic heterocycles. The third-order valence-electron chi connectivity index (χ3n) is 1.51. The maximum absolute atomic E-state index is 10.8. The molecule has 0 aromatic carbocycles. The van der Waals surface area contributed by atoms with E-state index in [1.54, 1.807) is 13.8 Å². The molecule has 0 aliphatic heterocycles. The molecule has 12 heavy (non-hydrogen) atoms. The molecule has 0 radical (unpaired) electrons. The van der Waals surface area contributed by atoms with Crippen LogP contribution in [0.3, 0.4) is 0 Å². The van der Waals surface area contributed by atoms with Gasteiger partial charge in [-0.3, -0.25) is 0 Å². The van der Waals surface area contributed by atoms with Crippen molar-refractivity contribution in [3.8, 4) is 0 Å². The molecule has 0 saturated heterocycles. The van der Waals surface area contributed by atoms with E-state index in [9.17, 15) is 9.90 Å². The normalized spacial score (nSPS) is 11.0. The number of aliphatic hydroxyl groups is 1. The molecule has 3 nitrogen and oxygen atoms in total. The van der Waals surface area contributed by atoms with Gasteiger partial charge in [0.1, 0.15) is 0 Å². The zero-order valence-electron chi connectivity index (χ0n) is 7.89. The number of hydrogen-bond acceptors (Lipinski definition) is 3. The van der Waals surface area contributed by atoms with Crippen molar-refractivity contribution in [1.82, 2.24) is 0 Å². The number of ether oxygens (including phenoxy) is 1. The number of carbonyl (C=O) groups excluding carboxylic acids is 1. The maximum Gasteiger partial charge on any atom is 0.333 e. The molecule has 0 unspecified atom stereocenters. The summed E-state index contributed by atoms with van der Waals surface area (Å²) in [5.74, 6) is -0.403. The second-order valence-electron chi connectivity index (χ2n) is 3.41. The van der Waals surface area contributed by atoms with Crippen molar-refractivity contribution >= 4 is 5.97 Å². The fourth-order valence-electron chi connectivity index (χ4n) is 0.703. The van der Waals surface area contributed by atoms with E-state index in [0.717, 1.165) is 0 Å². The Bertz CT molecular complexity index is 177.